The Balaban J connectivity index is 1.86. The summed E-state index contributed by atoms with van der Waals surface area (Å²) < 4.78 is 13.1. The highest BCUT2D eigenvalue weighted by Gasteiger charge is 2.24. The number of aliphatic hydroxyl groups is 1. The Morgan fingerprint density at radius 3 is 2.75 bits per heavy atom. The van der Waals surface area contributed by atoms with Crippen molar-refractivity contribution in [3.05, 3.63) is 35.6 Å². The van der Waals surface area contributed by atoms with Crippen LogP contribution in [0.1, 0.15) is 42.5 Å². The number of hydrogen-bond donors (Lipinski definition) is 1. The molecule has 0 heterocycles. The minimum absolute atomic E-state index is 0.0159. The van der Waals surface area contributed by atoms with Crippen LogP contribution in [0.5, 0.6) is 0 Å². The first-order valence-electron chi connectivity index (χ1n) is 7.34. The Kier molecular flexibility index (Phi) is 5.68. The van der Waals surface area contributed by atoms with E-state index in [4.69, 9.17) is 5.11 Å². The van der Waals surface area contributed by atoms with E-state index < -0.39 is 0 Å². The van der Waals surface area contributed by atoms with Crippen LogP contribution >= 0.6 is 0 Å². The Morgan fingerprint density at radius 1 is 1.35 bits per heavy atom. The molecule has 110 valence electrons. The van der Waals surface area contributed by atoms with Crippen LogP contribution in [-0.4, -0.2) is 41.5 Å². The second-order valence-electron chi connectivity index (χ2n) is 5.38. The van der Waals surface area contributed by atoms with E-state index in [1.807, 2.05) is 0 Å². The molecule has 1 aromatic rings. The van der Waals surface area contributed by atoms with Gasteiger partial charge in [-0.3, -0.25) is 9.69 Å². The van der Waals surface area contributed by atoms with Gasteiger partial charge in [-0.15, -0.1) is 0 Å². The zero-order valence-corrected chi connectivity index (χ0v) is 11.7. The number of halogens is 1. The lowest BCUT2D eigenvalue weighted by atomic mass is 9.91. The van der Waals surface area contributed by atoms with Gasteiger partial charge in [-0.1, -0.05) is 18.6 Å². The van der Waals surface area contributed by atoms with Crippen LogP contribution < -0.4 is 0 Å². The summed E-state index contributed by atoms with van der Waals surface area (Å²) in [5, 5.41) is 8.94. The van der Waals surface area contributed by atoms with Gasteiger partial charge in [0.2, 0.25) is 0 Å². The van der Waals surface area contributed by atoms with E-state index in [0.717, 1.165) is 13.0 Å². The standard InChI is InChI=1S/C16H22FNO2/c17-14-5-1-4-13(12-14)16(20)8-10-18(9-3-11-19)15-6-2-7-15/h1,4-5,12,15,19H,2-3,6-11H2. The largest absolute Gasteiger partial charge is 0.396 e. The van der Waals surface area contributed by atoms with Crippen LogP contribution in [0.15, 0.2) is 24.3 Å². The van der Waals surface area contributed by atoms with Gasteiger partial charge in [0.05, 0.1) is 0 Å². The van der Waals surface area contributed by atoms with Crippen molar-refractivity contribution in [2.24, 2.45) is 0 Å². The highest BCUT2D eigenvalue weighted by molar-refractivity contribution is 5.96. The normalized spacial score (nSPS) is 15.3. The molecule has 0 aromatic heterocycles. The second kappa shape index (κ2) is 7.50. The predicted molar refractivity (Wildman–Crippen MR) is 76.3 cm³/mol. The molecule has 0 atom stereocenters. The summed E-state index contributed by atoms with van der Waals surface area (Å²) >= 11 is 0. The fourth-order valence-corrected chi connectivity index (χ4v) is 2.55. The van der Waals surface area contributed by atoms with E-state index >= 15 is 0 Å². The topological polar surface area (TPSA) is 40.5 Å². The molecule has 2 rings (SSSR count). The first-order chi connectivity index (χ1) is 9.70. The van der Waals surface area contributed by atoms with Gasteiger partial charge in [0.25, 0.3) is 0 Å². The first kappa shape index (κ1) is 15.1. The molecule has 3 nitrogen and oxygen atoms in total. The molecule has 0 amide bonds. The summed E-state index contributed by atoms with van der Waals surface area (Å²) in [7, 11) is 0. The van der Waals surface area contributed by atoms with Crippen molar-refractivity contribution >= 4 is 5.78 Å². The number of benzene rings is 1. The number of carbonyl (C=O) groups is 1. The van der Waals surface area contributed by atoms with Crippen LogP contribution in [0, 0.1) is 5.82 Å². The van der Waals surface area contributed by atoms with E-state index in [-0.39, 0.29) is 18.2 Å². The molecule has 0 bridgehead atoms. The van der Waals surface area contributed by atoms with Crippen LogP contribution in [-0.2, 0) is 0 Å². The van der Waals surface area contributed by atoms with Gasteiger partial charge in [-0.2, -0.15) is 0 Å². The van der Waals surface area contributed by atoms with Crippen LogP contribution in [0.3, 0.4) is 0 Å². The summed E-state index contributed by atoms with van der Waals surface area (Å²) in [6.45, 7) is 1.71. The Morgan fingerprint density at radius 2 is 2.15 bits per heavy atom. The van der Waals surface area contributed by atoms with E-state index in [9.17, 15) is 9.18 Å². The molecule has 0 unspecified atom stereocenters. The summed E-state index contributed by atoms with van der Waals surface area (Å²) in [6, 6.07) is 6.43. The molecule has 0 spiro atoms. The summed E-state index contributed by atoms with van der Waals surface area (Å²) in [5.41, 5.74) is 0.445. The van der Waals surface area contributed by atoms with Crippen molar-refractivity contribution in [1.82, 2.24) is 4.90 Å². The Hall–Kier alpha value is -1.26. The van der Waals surface area contributed by atoms with E-state index in [2.05, 4.69) is 4.90 Å². The maximum atomic E-state index is 13.1. The quantitative estimate of drug-likeness (QED) is 0.744. The van der Waals surface area contributed by atoms with Crippen molar-refractivity contribution in [2.75, 3.05) is 19.7 Å². The smallest absolute Gasteiger partial charge is 0.164 e. The third-order valence-electron chi connectivity index (χ3n) is 3.97. The van der Waals surface area contributed by atoms with Crippen LogP contribution in [0.2, 0.25) is 0 Å². The second-order valence-corrected chi connectivity index (χ2v) is 5.38. The molecule has 1 N–H and O–H groups in total. The molecule has 0 radical (unpaired) electrons. The monoisotopic (exact) mass is 279 g/mol. The summed E-state index contributed by atoms with van der Waals surface area (Å²) in [4.78, 5) is 14.3. The molecule has 1 fully saturated rings. The predicted octanol–water partition coefficient (Wildman–Crippen LogP) is 2.64. The van der Waals surface area contributed by atoms with Gasteiger partial charge in [-0.05, 0) is 31.4 Å². The molecule has 1 saturated carbocycles. The molecule has 20 heavy (non-hydrogen) atoms. The van der Waals surface area contributed by atoms with Gasteiger partial charge in [0.15, 0.2) is 5.78 Å². The molecular weight excluding hydrogens is 257 g/mol. The molecule has 4 heteroatoms. The van der Waals surface area contributed by atoms with E-state index in [0.29, 0.717) is 24.6 Å². The van der Waals surface area contributed by atoms with Crippen molar-refractivity contribution in [2.45, 2.75) is 38.1 Å². The highest BCUT2D eigenvalue weighted by Crippen LogP contribution is 2.25. The molecular formula is C16H22FNO2. The highest BCUT2D eigenvalue weighted by atomic mass is 19.1. The number of rotatable bonds is 8. The number of ketones is 1. The third-order valence-corrected chi connectivity index (χ3v) is 3.97. The van der Waals surface area contributed by atoms with E-state index in [1.54, 1.807) is 12.1 Å². The zero-order chi connectivity index (χ0) is 14.4. The van der Waals surface area contributed by atoms with Crippen molar-refractivity contribution in [3.63, 3.8) is 0 Å². The van der Waals surface area contributed by atoms with Crippen LogP contribution in [0.25, 0.3) is 0 Å². The summed E-state index contributed by atoms with van der Waals surface area (Å²) in [5.74, 6) is -0.384. The van der Waals surface area contributed by atoms with Gasteiger partial charge in [-0.25, -0.2) is 4.39 Å². The number of aliphatic hydroxyl groups excluding tert-OH is 1. The van der Waals surface area contributed by atoms with Gasteiger partial charge in [0.1, 0.15) is 5.82 Å². The SMILES string of the molecule is O=C(CCN(CCCO)C1CCC1)c1cccc(F)c1. The van der Waals surface area contributed by atoms with Crippen molar-refractivity contribution in [3.8, 4) is 0 Å². The van der Waals surface area contributed by atoms with Crippen LogP contribution in [0.4, 0.5) is 4.39 Å². The number of Topliss-reactive ketones (excluding diaryl/α,β-unsaturated/α-hetero) is 1. The van der Waals surface area contributed by atoms with Gasteiger partial charge < -0.3 is 5.11 Å². The zero-order valence-electron chi connectivity index (χ0n) is 11.7. The molecule has 0 aliphatic heterocycles. The maximum absolute atomic E-state index is 13.1. The first-order valence-corrected chi connectivity index (χ1v) is 7.34. The molecule has 1 aliphatic carbocycles. The lowest BCUT2D eigenvalue weighted by Crippen LogP contribution is -2.42. The Labute approximate surface area is 119 Å². The number of nitrogens with zero attached hydrogens (tertiary/aromatic N) is 1. The lowest BCUT2D eigenvalue weighted by Gasteiger charge is -2.37. The average Bonchev–Trinajstić information content (AvgIpc) is 2.39. The van der Waals surface area contributed by atoms with Gasteiger partial charge >= 0.3 is 0 Å². The number of hydrogen-bond acceptors (Lipinski definition) is 3. The molecule has 0 saturated heterocycles. The third kappa shape index (κ3) is 4.12. The Bertz CT molecular complexity index is 446. The average molecular weight is 279 g/mol. The lowest BCUT2D eigenvalue weighted by molar-refractivity contribution is 0.0887. The molecule has 1 aromatic carbocycles. The fourth-order valence-electron chi connectivity index (χ4n) is 2.55. The van der Waals surface area contributed by atoms with Crippen molar-refractivity contribution in [1.29, 1.82) is 0 Å². The summed E-state index contributed by atoms with van der Waals surface area (Å²) in [6.07, 6.45) is 4.76. The van der Waals surface area contributed by atoms with Gasteiger partial charge in [0, 0.05) is 37.7 Å². The fraction of sp³-hybridized carbons (Fsp3) is 0.562. The van der Waals surface area contributed by atoms with E-state index in [1.165, 1.54) is 31.4 Å². The van der Waals surface area contributed by atoms with Crippen molar-refractivity contribution < 1.29 is 14.3 Å². The maximum Gasteiger partial charge on any atom is 0.164 e. The number of carbonyl (C=O) groups excluding carboxylic acids is 1. The minimum Gasteiger partial charge on any atom is -0.396 e. The minimum atomic E-state index is -0.369. The molecule has 1 aliphatic rings.